The molecule has 1 nitrogen and oxygen atoms in total. The van der Waals surface area contributed by atoms with Crippen molar-refractivity contribution in [2.24, 2.45) is 5.41 Å². The molecule has 0 aliphatic heterocycles. The minimum Gasteiger partial charge on any atom is -0.197 e. The summed E-state index contributed by atoms with van der Waals surface area (Å²) < 4.78 is 0. The van der Waals surface area contributed by atoms with Gasteiger partial charge in [0.2, 0.25) is 0 Å². The number of hydrogen-bond donors (Lipinski definition) is 0. The molecule has 0 aromatic carbocycles. The number of allylic oxidation sites excluding steroid dienone is 4. The third-order valence-electron chi connectivity index (χ3n) is 1.38. The van der Waals surface area contributed by atoms with Gasteiger partial charge in [0.1, 0.15) is 0 Å². The summed E-state index contributed by atoms with van der Waals surface area (Å²) in [4.78, 5) is 0. The highest BCUT2D eigenvalue weighted by atomic mass is 14.3. The zero-order valence-corrected chi connectivity index (χ0v) is 7.09. The predicted molar refractivity (Wildman–Crippen MR) is 47.9 cm³/mol. The maximum Gasteiger partial charge on any atom is 0.0906 e. The van der Waals surface area contributed by atoms with Gasteiger partial charge in [0.25, 0.3) is 0 Å². The summed E-state index contributed by atoms with van der Waals surface area (Å²) in [6.07, 6.45) is 5.24. The van der Waals surface area contributed by atoms with Crippen LogP contribution < -0.4 is 0 Å². The molecular formula is C10H13N. The molecule has 0 heterocycles. The highest BCUT2D eigenvalue weighted by Gasteiger charge is 2.13. The standard InChI is InChI=1S/C10H13N/c1-5-10(4,8-11)7-6-9(2)3/h5-7H,1-2H2,3-4H3/b7-6-. The van der Waals surface area contributed by atoms with Crippen molar-refractivity contribution in [3.63, 3.8) is 0 Å². The molecule has 1 unspecified atom stereocenters. The lowest BCUT2D eigenvalue weighted by Crippen LogP contribution is -2.04. The van der Waals surface area contributed by atoms with E-state index in [1.165, 1.54) is 0 Å². The van der Waals surface area contributed by atoms with Crippen LogP contribution in [0.2, 0.25) is 0 Å². The average molecular weight is 147 g/mol. The molecule has 0 rings (SSSR count). The van der Waals surface area contributed by atoms with Crippen molar-refractivity contribution in [1.29, 1.82) is 5.26 Å². The SMILES string of the molecule is C=CC(C)(C#N)/C=C\C(=C)C. The molecule has 1 heteroatoms. The van der Waals surface area contributed by atoms with E-state index in [2.05, 4.69) is 19.2 Å². The first-order valence-electron chi connectivity index (χ1n) is 3.43. The fraction of sp³-hybridized carbons (Fsp3) is 0.300. The van der Waals surface area contributed by atoms with Crippen molar-refractivity contribution in [2.45, 2.75) is 13.8 Å². The van der Waals surface area contributed by atoms with Crippen LogP contribution in [0.1, 0.15) is 13.8 Å². The van der Waals surface area contributed by atoms with E-state index in [1.54, 1.807) is 19.1 Å². The van der Waals surface area contributed by atoms with E-state index in [-0.39, 0.29) is 0 Å². The molecule has 58 valence electrons. The van der Waals surface area contributed by atoms with Gasteiger partial charge in [-0.05, 0) is 13.8 Å². The molecule has 0 aliphatic carbocycles. The first-order valence-corrected chi connectivity index (χ1v) is 3.43. The monoisotopic (exact) mass is 147 g/mol. The lowest BCUT2D eigenvalue weighted by Gasteiger charge is -2.08. The fourth-order valence-electron chi connectivity index (χ4n) is 0.466. The molecule has 0 saturated carbocycles. The highest BCUT2D eigenvalue weighted by molar-refractivity contribution is 5.24. The summed E-state index contributed by atoms with van der Waals surface area (Å²) in [5.74, 6) is 0. The summed E-state index contributed by atoms with van der Waals surface area (Å²) in [5.41, 5.74) is 0.382. The third kappa shape index (κ3) is 3.42. The van der Waals surface area contributed by atoms with Gasteiger partial charge in [0.15, 0.2) is 0 Å². The van der Waals surface area contributed by atoms with E-state index in [4.69, 9.17) is 5.26 Å². The molecule has 0 saturated heterocycles. The van der Waals surface area contributed by atoms with Crippen LogP contribution in [-0.2, 0) is 0 Å². The normalized spacial score (nSPS) is 15.4. The summed E-state index contributed by atoms with van der Waals surface area (Å²) in [5, 5.41) is 8.70. The Hall–Kier alpha value is -1.29. The van der Waals surface area contributed by atoms with E-state index in [1.807, 2.05) is 13.0 Å². The van der Waals surface area contributed by atoms with Gasteiger partial charge in [-0.25, -0.2) is 0 Å². The number of nitrogens with zero attached hydrogens (tertiary/aromatic N) is 1. The van der Waals surface area contributed by atoms with Gasteiger partial charge < -0.3 is 0 Å². The summed E-state index contributed by atoms with van der Waals surface area (Å²) in [6, 6.07) is 2.14. The zero-order chi connectivity index (χ0) is 8.91. The van der Waals surface area contributed by atoms with Gasteiger partial charge in [-0.1, -0.05) is 30.4 Å². The van der Waals surface area contributed by atoms with Crippen molar-refractivity contribution in [1.82, 2.24) is 0 Å². The van der Waals surface area contributed by atoms with Crippen LogP contribution in [-0.4, -0.2) is 0 Å². The van der Waals surface area contributed by atoms with Gasteiger partial charge in [-0.15, -0.1) is 6.58 Å². The van der Waals surface area contributed by atoms with Crippen LogP contribution >= 0.6 is 0 Å². The Kier molecular flexibility index (Phi) is 3.33. The Morgan fingerprint density at radius 2 is 2.18 bits per heavy atom. The number of hydrogen-bond acceptors (Lipinski definition) is 1. The molecular weight excluding hydrogens is 134 g/mol. The molecule has 1 atom stereocenters. The van der Waals surface area contributed by atoms with Crippen LogP contribution in [0.15, 0.2) is 37.0 Å². The Morgan fingerprint density at radius 3 is 2.45 bits per heavy atom. The maximum atomic E-state index is 8.70. The summed E-state index contributed by atoms with van der Waals surface area (Å²) in [6.45, 7) is 11.0. The Balaban J connectivity index is 4.46. The van der Waals surface area contributed by atoms with Crippen LogP contribution in [0.3, 0.4) is 0 Å². The molecule has 0 amide bonds. The van der Waals surface area contributed by atoms with Crippen LogP contribution in [0, 0.1) is 16.7 Å². The van der Waals surface area contributed by atoms with Crippen molar-refractivity contribution in [3.8, 4) is 6.07 Å². The molecule has 11 heavy (non-hydrogen) atoms. The summed E-state index contributed by atoms with van der Waals surface area (Å²) >= 11 is 0. The Labute approximate surface area is 68.3 Å². The maximum absolute atomic E-state index is 8.70. The smallest absolute Gasteiger partial charge is 0.0906 e. The molecule has 0 aliphatic rings. The van der Waals surface area contributed by atoms with Gasteiger partial charge in [0.05, 0.1) is 11.5 Å². The Bertz CT molecular complexity index is 230. The second kappa shape index (κ2) is 3.78. The van der Waals surface area contributed by atoms with Crippen molar-refractivity contribution < 1.29 is 0 Å². The van der Waals surface area contributed by atoms with Gasteiger partial charge in [-0.3, -0.25) is 0 Å². The quantitative estimate of drug-likeness (QED) is 0.445. The van der Waals surface area contributed by atoms with E-state index in [0.29, 0.717) is 0 Å². The minimum atomic E-state index is -0.557. The molecule has 0 bridgehead atoms. The zero-order valence-electron chi connectivity index (χ0n) is 7.09. The van der Waals surface area contributed by atoms with Crippen LogP contribution in [0.5, 0.6) is 0 Å². The van der Waals surface area contributed by atoms with Crippen molar-refractivity contribution in [3.05, 3.63) is 37.0 Å². The van der Waals surface area contributed by atoms with Crippen molar-refractivity contribution in [2.75, 3.05) is 0 Å². The molecule has 0 aromatic heterocycles. The number of rotatable bonds is 3. The fourth-order valence-corrected chi connectivity index (χ4v) is 0.466. The molecule has 0 fully saturated rings. The second-order valence-electron chi connectivity index (χ2n) is 2.78. The highest BCUT2D eigenvalue weighted by Crippen LogP contribution is 2.18. The summed E-state index contributed by atoms with van der Waals surface area (Å²) in [7, 11) is 0. The van der Waals surface area contributed by atoms with Gasteiger partial charge >= 0.3 is 0 Å². The van der Waals surface area contributed by atoms with E-state index in [9.17, 15) is 0 Å². The van der Waals surface area contributed by atoms with Crippen LogP contribution in [0.4, 0.5) is 0 Å². The third-order valence-corrected chi connectivity index (χ3v) is 1.38. The van der Waals surface area contributed by atoms with Gasteiger partial charge in [-0.2, -0.15) is 5.26 Å². The Morgan fingerprint density at radius 1 is 1.64 bits per heavy atom. The number of nitriles is 1. The first-order chi connectivity index (χ1) is 5.04. The second-order valence-corrected chi connectivity index (χ2v) is 2.78. The lowest BCUT2D eigenvalue weighted by atomic mass is 9.92. The molecule has 0 radical (unpaired) electrons. The first kappa shape index (κ1) is 9.71. The molecule has 0 N–H and O–H groups in total. The lowest BCUT2D eigenvalue weighted by molar-refractivity contribution is 0.737. The minimum absolute atomic E-state index is 0.557. The van der Waals surface area contributed by atoms with E-state index in [0.717, 1.165) is 5.57 Å². The van der Waals surface area contributed by atoms with E-state index >= 15 is 0 Å². The average Bonchev–Trinajstić information content (AvgIpc) is 2.00. The van der Waals surface area contributed by atoms with Crippen LogP contribution in [0.25, 0.3) is 0 Å². The predicted octanol–water partition coefficient (Wildman–Crippen LogP) is 2.83. The molecule has 0 spiro atoms. The van der Waals surface area contributed by atoms with Crippen molar-refractivity contribution >= 4 is 0 Å². The molecule has 0 aromatic rings. The van der Waals surface area contributed by atoms with E-state index < -0.39 is 5.41 Å². The largest absolute Gasteiger partial charge is 0.197 e. The van der Waals surface area contributed by atoms with Gasteiger partial charge in [0, 0.05) is 0 Å². The topological polar surface area (TPSA) is 23.8 Å².